The van der Waals surface area contributed by atoms with Gasteiger partial charge in [-0.3, -0.25) is 18.9 Å². The smallest absolute Gasteiger partial charge is 0.355 e. The predicted octanol–water partition coefficient (Wildman–Crippen LogP) is -0.115. The summed E-state index contributed by atoms with van der Waals surface area (Å²) in [4.78, 5) is 32.0. The van der Waals surface area contributed by atoms with E-state index in [1.54, 1.807) is 4.57 Å². The summed E-state index contributed by atoms with van der Waals surface area (Å²) in [6.45, 7) is 1.78. The Morgan fingerprint density at radius 2 is 2.19 bits per heavy atom. The highest BCUT2D eigenvalue weighted by Crippen LogP contribution is 2.43. The van der Waals surface area contributed by atoms with Gasteiger partial charge >= 0.3 is 7.60 Å². The second kappa shape index (κ2) is 8.71. The molecule has 0 spiro atoms. The minimum atomic E-state index is -4.01. The molecule has 2 aromatic heterocycles. The highest BCUT2D eigenvalue weighted by Gasteiger charge is 2.26. The summed E-state index contributed by atoms with van der Waals surface area (Å²) >= 11 is 0. The normalized spacial score (nSPS) is 16.5. The van der Waals surface area contributed by atoms with Crippen molar-refractivity contribution in [3.8, 4) is 0 Å². The summed E-state index contributed by atoms with van der Waals surface area (Å²) in [5, 5.41) is 0. The van der Waals surface area contributed by atoms with E-state index >= 15 is 0 Å². The number of H-pyrrole nitrogens is 1. The molecule has 2 aromatic rings. The van der Waals surface area contributed by atoms with Gasteiger partial charge in [-0.2, -0.15) is 4.98 Å². The van der Waals surface area contributed by atoms with Crippen molar-refractivity contribution in [2.75, 3.05) is 32.9 Å². The maximum Gasteiger partial charge on any atom is 0.355 e. The van der Waals surface area contributed by atoms with Gasteiger partial charge in [0.2, 0.25) is 5.95 Å². The van der Waals surface area contributed by atoms with E-state index in [1.165, 1.54) is 27.5 Å². The van der Waals surface area contributed by atoms with Gasteiger partial charge in [0.1, 0.15) is 6.35 Å². The topological polar surface area (TPSA) is 164 Å². The average molecular weight is 391 g/mol. The maximum atomic E-state index is 12.0. The number of hydrogen-bond donors (Lipinski definition) is 3. The fourth-order valence-corrected chi connectivity index (χ4v) is 3.18. The zero-order valence-electron chi connectivity index (χ0n) is 14.6. The molecule has 0 saturated carbocycles. The number of nitrogens with zero attached hydrogens (tertiary/aromatic N) is 3. The highest BCUT2D eigenvalue weighted by atomic mass is 31.2. The summed E-state index contributed by atoms with van der Waals surface area (Å²) < 4.78 is 33.8. The molecular formula is C13H22N5O7P. The van der Waals surface area contributed by atoms with Crippen LogP contribution in [0.3, 0.4) is 0 Å². The van der Waals surface area contributed by atoms with Crippen LogP contribution in [0.4, 0.5) is 5.95 Å². The van der Waals surface area contributed by atoms with Crippen molar-refractivity contribution in [2.24, 2.45) is 0 Å². The molecule has 4 N–H and O–H groups in total. The van der Waals surface area contributed by atoms with Gasteiger partial charge in [-0.05, 0) is 6.92 Å². The largest absolute Gasteiger partial charge is 0.382 e. The number of nitrogens with two attached hydrogens (primary N) is 1. The van der Waals surface area contributed by atoms with E-state index in [-0.39, 0.29) is 30.3 Å². The number of aromatic amines is 1. The summed E-state index contributed by atoms with van der Waals surface area (Å²) in [6, 6.07) is 0. The van der Waals surface area contributed by atoms with E-state index in [0.717, 1.165) is 0 Å². The molecule has 0 saturated heterocycles. The average Bonchev–Trinajstić information content (AvgIpc) is 2.95. The molecule has 2 heterocycles. The standard InChI is InChI=1S/C13H22N5O7P/c1-8(23-3)25-26(20,21)7-24-9(5-22-2)4-18-6-15-10-11(18)16-13(14)17-12(10)19/h6,8-9H,4-5,7H2,1-3H3,(H,20,21)(H3,14,16,17,19)/t8?,9-/m1/s1. The molecule has 2 rings (SSSR count). The molecule has 0 aliphatic rings. The van der Waals surface area contributed by atoms with Crippen LogP contribution in [0.1, 0.15) is 6.92 Å². The second-order valence-electron chi connectivity index (χ2n) is 5.44. The Hall–Kier alpha value is -1.82. The van der Waals surface area contributed by atoms with Gasteiger partial charge in [0.25, 0.3) is 5.56 Å². The minimum Gasteiger partial charge on any atom is -0.382 e. The number of fused-ring (bicyclic) bond motifs is 1. The number of nitrogen functional groups attached to an aromatic ring is 1. The molecule has 0 aliphatic heterocycles. The molecule has 26 heavy (non-hydrogen) atoms. The molecule has 0 bridgehead atoms. The molecule has 0 amide bonds. The lowest BCUT2D eigenvalue weighted by atomic mass is 10.3. The molecule has 13 heteroatoms. The molecule has 0 fully saturated rings. The molecule has 146 valence electrons. The minimum absolute atomic E-state index is 0.0460. The number of anilines is 1. The van der Waals surface area contributed by atoms with Crippen LogP contribution in [0.25, 0.3) is 11.2 Å². The third-order valence-corrected chi connectivity index (χ3v) is 4.47. The first kappa shape index (κ1) is 20.5. The van der Waals surface area contributed by atoms with Gasteiger partial charge in [-0.1, -0.05) is 0 Å². The van der Waals surface area contributed by atoms with Crippen molar-refractivity contribution in [1.29, 1.82) is 0 Å². The van der Waals surface area contributed by atoms with Crippen LogP contribution in [0, 0.1) is 0 Å². The number of ether oxygens (including phenoxy) is 3. The summed E-state index contributed by atoms with van der Waals surface area (Å²) in [5.74, 6) is -0.0460. The lowest BCUT2D eigenvalue weighted by molar-refractivity contribution is -0.0535. The van der Waals surface area contributed by atoms with Gasteiger partial charge in [0, 0.05) is 14.2 Å². The Morgan fingerprint density at radius 3 is 2.85 bits per heavy atom. The zero-order valence-corrected chi connectivity index (χ0v) is 15.5. The number of rotatable bonds is 10. The Bertz CT molecular complexity index is 838. The van der Waals surface area contributed by atoms with Crippen LogP contribution >= 0.6 is 7.60 Å². The Balaban J connectivity index is 2.11. The van der Waals surface area contributed by atoms with Crippen LogP contribution in [0.5, 0.6) is 0 Å². The molecule has 0 radical (unpaired) electrons. The Labute approximate surface area is 148 Å². The van der Waals surface area contributed by atoms with E-state index in [9.17, 15) is 14.3 Å². The zero-order chi connectivity index (χ0) is 19.3. The van der Waals surface area contributed by atoms with E-state index in [2.05, 4.69) is 15.0 Å². The van der Waals surface area contributed by atoms with E-state index in [1.807, 2.05) is 0 Å². The molecule has 2 unspecified atom stereocenters. The lowest BCUT2D eigenvalue weighted by Gasteiger charge is -2.21. The maximum absolute atomic E-state index is 12.0. The van der Waals surface area contributed by atoms with Crippen LogP contribution in [-0.2, 0) is 29.8 Å². The van der Waals surface area contributed by atoms with Crippen molar-refractivity contribution in [3.05, 3.63) is 16.7 Å². The highest BCUT2D eigenvalue weighted by molar-refractivity contribution is 7.52. The van der Waals surface area contributed by atoms with Crippen molar-refractivity contribution in [1.82, 2.24) is 19.5 Å². The first-order valence-electron chi connectivity index (χ1n) is 7.60. The predicted molar refractivity (Wildman–Crippen MR) is 91.6 cm³/mol. The van der Waals surface area contributed by atoms with E-state index < -0.39 is 31.9 Å². The second-order valence-corrected chi connectivity index (χ2v) is 7.18. The van der Waals surface area contributed by atoms with Gasteiger partial charge < -0.3 is 29.4 Å². The number of aromatic nitrogens is 4. The summed E-state index contributed by atoms with van der Waals surface area (Å²) in [7, 11) is -1.20. The number of nitrogens with one attached hydrogen (secondary N) is 1. The van der Waals surface area contributed by atoms with Crippen LogP contribution in [-0.4, -0.2) is 64.0 Å². The Kier molecular flexibility index (Phi) is 6.87. The first-order valence-corrected chi connectivity index (χ1v) is 9.36. The van der Waals surface area contributed by atoms with Crippen molar-refractivity contribution in [3.63, 3.8) is 0 Å². The van der Waals surface area contributed by atoms with E-state index in [4.69, 9.17) is 24.5 Å². The van der Waals surface area contributed by atoms with Crippen molar-refractivity contribution in [2.45, 2.75) is 25.9 Å². The van der Waals surface area contributed by atoms with Crippen molar-refractivity contribution < 1.29 is 28.2 Å². The first-order chi connectivity index (χ1) is 12.3. The van der Waals surface area contributed by atoms with Gasteiger partial charge in [0.05, 0.1) is 25.6 Å². The van der Waals surface area contributed by atoms with E-state index in [0.29, 0.717) is 0 Å². The molecule has 0 aliphatic carbocycles. The number of imidazole rings is 1. The van der Waals surface area contributed by atoms with Gasteiger partial charge in [0.15, 0.2) is 17.5 Å². The third kappa shape index (κ3) is 5.34. The quantitative estimate of drug-likeness (QED) is 0.367. The third-order valence-electron chi connectivity index (χ3n) is 3.36. The molecule has 3 atom stereocenters. The van der Waals surface area contributed by atoms with Gasteiger partial charge in [-0.25, -0.2) is 4.98 Å². The van der Waals surface area contributed by atoms with Crippen LogP contribution in [0.2, 0.25) is 0 Å². The monoisotopic (exact) mass is 391 g/mol. The van der Waals surface area contributed by atoms with Crippen LogP contribution < -0.4 is 11.3 Å². The number of methoxy groups -OCH3 is 2. The molecule has 12 nitrogen and oxygen atoms in total. The fraction of sp³-hybridized carbons (Fsp3) is 0.615. The van der Waals surface area contributed by atoms with Crippen LogP contribution in [0.15, 0.2) is 11.1 Å². The molecular weight excluding hydrogens is 369 g/mol. The lowest BCUT2D eigenvalue weighted by Crippen LogP contribution is -2.26. The fourth-order valence-electron chi connectivity index (χ4n) is 2.17. The summed E-state index contributed by atoms with van der Waals surface area (Å²) in [5.41, 5.74) is 5.49. The Morgan fingerprint density at radius 1 is 1.46 bits per heavy atom. The summed E-state index contributed by atoms with van der Waals surface area (Å²) in [6.07, 6.45) is -0.633. The SMILES string of the molecule is COC[C@@H](Cn1cnc2c(=O)[nH]c(N)nc21)OCP(=O)(O)OC(C)OC. The van der Waals surface area contributed by atoms with Crippen molar-refractivity contribution >= 4 is 24.7 Å². The molecule has 0 aromatic carbocycles. The number of hydrogen-bond acceptors (Lipinski definition) is 9. The van der Waals surface area contributed by atoms with Gasteiger partial charge in [-0.15, -0.1) is 0 Å².